The number of carboxylic acid groups (broad SMARTS) is 1. The number of aryl methyl sites for hydroxylation is 2. The van der Waals surface area contributed by atoms with Crippen molar-refractivity contribution in [3.05, 3.63) is 64.5 Å². The lowest BCUT2D eigenvalue weighted by Gasteiger charge is -2.08. The van der Waals surface area contributed by atoms with Crippen molar-refractivity contribution in [2.75, 3.05) is 0 Å². The summed E-state index contributed by atoms with van der Waals surface area (Å²) in [6.45, 7) is 5.39. The quantitative estimate of drug-likeness (QED) is 0.877. The fourth-order valence-electron chi connectivity index (χ4n) is 2.07. The van der Waals surface area contributed by atoms with Crippen molar-refractivity contribution in [1.82, 2.24) is 10.3 Å². The van der Waals surface area contributed by atoms with Gasteiger partial charge in [-0.05, 0) is 48.7 Å². The molecule has 0 saturated heterocycles. The summed E-state index contributed by atoms with van der Waals surface area (Å²) in [6, 6.07) is 9.02. The van der Waals surface area contributed by atoms with Crippen molar-refractivity contribution in [3.63, 3.8) is 0 Å². The third kappa shape index (κ3) is 3.65. The highest BCUT2D eigenvalue weighted by Gasteiger charge is 2.03. The predicted molar refractivity (Wildman–Crippen MR) is 77.7 cm³/mol. The molecule has 0 bridgehead atoms. The van der Waals surface area contributed by atoms with Crippen LogP contribution in [0.2, 0.25) is 0 Å². The number of hydrogen-bond donors (Lipinski definition) is 2. The summed E-state index contributed by atoms with van der Waals surface area (Å²) in [5, 5.41) is 12.3. The first-order valence-corrected chi connectivity index (χ1v) is 6.51. The molecule has 2 aromatic rings. The number of aromatic nitrogens is 1. The van der Waals surface area contributed by atoms with Crippen LogP contribution in [0, 0.1) is 13.8 Å². The predicted octanol–water partition coefficient (Wildman–Crippen LogP) is 2.69. The number of carbonyl (C=O) groups is 1. The molecule has 4 nitrogen and oxygen atoms in total. The molecule has 4 heteroatoms. The molecule has 0 spiro atoms. The number of pyridine rings is 1. The van der Waals surface area contributed by atoms with E-state index in [2.05, 4.69) is 23.3 Å². The largest absolute Gasteiger partial charge is 0.478 e. The van der Waals surface area contributed by atoms with Gasteiger partial charge in [0.2, 0.25) is 0 Å². The summed E-state index contributed by atoms with van der Waals surface area (Å²) < 4.78 is 0. The standard InChI is InChI=1S/C16H18N2O2/c1-11-6-12(2)18-10-15(11)9-17-8-13-4-3-5-14(7-13)16(19)20/h3-7,10,17H,8-9H2,1-2H3,(H,19,20). The van der Waals surface area contributed by atoms with E-state index in [1.165, 1.54) is 5.56 Å². The molecule has 2 rings (SSSR count). The van der Waals surface area contributed by atoms with E-state index in [-0.39, 0.29) is 0 Å². The maximum Gasteiger partial charge on any atom is 0.335 e. The van der Waals surface area contributed by atoms with Crippen LogP contribution in [0.5, 0.6) is 0 Å². The third-order valence-electron chi connectivity index (χ3n) is 3.17. The minimum atomic E-state index is -0.898. The highest BCUT2D eigenvalue weighted by molar-refractivity contribution is 5.87. The van der Waals surface area contributed by atoms with Crippen LogP contribution in [-0.2, 0) is 13.1 Å². The summed E-state index contributed by atoms with van der Waals surface area (Å²) >= 11 is 0. The lowest BCUT2D eigenvalue weighted by molar-refractivity contribution is 0.0696. The second-order valence-corrected chi connectivity index (χ2v) is 4.86. The average Bonchev–Trinajstić information content (AvgIpc) is 2.41. The first-order chi connectivity index (χ1) is 9.56. The van der Waals surface area contributed by atoms with Gasteiger partial charge < -0.3 is 10.4 Å². The molecule has 0 atom stereocenters. The lowest BCUT2D eigenvalue weighted by Crippen LogP contribution is -2.14. The Hall–Kier alpha value is -2.20. The van der Waals surface area contributed by atoms with E-state index in [1.807, 2.05) is 19.2 Å². The SMILES string of the molecule is Cc1cc(C)c(CNCc2cccc(C(=O)O)c2)cn1. The second kappa shape index (κ2) is 6.30. The van der Waals surface area contributed by atoms with Crippen molar-refractivity contribution >= 4 is 5.97 Å². The van der Waals surface area contributed by atoms with E-state index in [0.717, 1.165) is 23.4 Å². The molecule has 0 fully saturated rings. The Morgan fingerprint density at radius 3 is 2.75 bits per heavy atom. The van der Waals surface area contributed by atoms with Crippen molar-refractivity contribution in [2.24, 2.45) is 0 Å². The van der Waals surface area contributed by atoms with Crippen molar-refractivity contribution in [1.29, 1.82) is 0 Å². The van der Waals surface area contributed by atoms with E-state index < -0.39 is 5.97 Å². The van der Waals surface area contributed by atoms with Gasteiger partial charge in [0.05, 0.1) is 5.56 Å². The summed E-state index contributed by atoms with van der Waals surface area (Å²) in [6.07, 6.45) is 1.88. The molecule has 0 aliphatic carbocycles. The Labute approximate surface area is 118 Å². The zero-order valence-corrected chi connectivity index (χ0v) is 11.7. The van der Waals surface area contributed by atoms with Crippen molar-refractivity contribution < 1.29 is 9.90 Å². The average molecular weight is 270 g/mol. The number of nitrogens with one attached hydrogen (secondary N) is 1. The molecule has 1 heterocycles. The van der Waals surface area contributed by atoms with Gasteiger partial charge in [0.1, 0.15) is 0 Å². The summed E-state index contributed by atoms with van der Waals surface area (Å²) in [7, 11) is 0. The first kappa shape index (κ1) is 14.2. The van der Waals surface area contributed by atoms with Crippen LogP contribution in [0.1, 0.15) is 32.7 Å². The molecule has 104 valence electrons. The van der Waals surface area contributed by atoms with Crippen LogP contribution in [-0.4, -0.2) is 16.1 Å². The molecule has 0 unspecified atom stereocenters. The second-order valence-electron chi connectivity index (χ2n) is 4.86. The highest BCUT2D eigenvalue weighted by atomic mass is 16.4. The molecular weight excluding hydrogens is 252 g/mol. The molecule has 0 aliphatic heterocycles. The van der Waals surface area contributed by atoms with Crippen LogP contribution < -0.4 is 5.32 Å². The first-order valence-electron chi connectivity index (χ1n) is 6.51. The molecule has 0 saturated carbocycles. The number of rotatable bonds is 5. The minimum Gasteiger partial charge on any atom is -0.478 e. The van der Waals surface area contributed by atoms with E-state index in [0.29, 0.717) is 12.1 Å². The smallest absolute Gasteiger partial charge is 0.335 e. The van der Waals surface area contributed by atoms with Gasteiger partial charge in [0.25, 0.3) is 0 Å². The van der Waals surface area contributed by atoms with Gasteiger partial charge >= 0.3 is 5.97 Å². The summed E-state index contributed by atoms with van der Waals surface area (Å²) in [5.74, 6) is -0.898. The van der Waals surface area contributed by atoms with E-state index in [9.17, 15) is 4.79 Å². The molecule has 1 aromatic carbocycles. The lowest BCUT2D eigenvalue weighted by atomic mass is 10.1. The van der Waals surface area contributed by atoms with Crippen molar-refractivity contribution in [3.8, 4) is 0 Å². The van der Waals surface area contributed by atoms with E-state index in [4.69, 9.17) is 5.11 Å². The Bertz CT molecular complexity index is 624. The molecular formula is C16H18N2O2. The topological polar surface area (TPSA) is 62.2 Å². The highest BCUT2D eigenvalue weighted by Crippen LogP contribution is 2.09. The minimum absolute atomic E-state index is 0.317. The molecule has 1 aromatic heterocycles. The Morgan fingerprint density at radius 2 is 2.05 bits per heavy atom. The Kier molecular flexibility index (Phi) is 4.48. The zero-order chi connectivity index (χ0) is 14.5. The number of aromatic carboxylic acids is 1. The molecule has 0 amide bonds. The Morgan fingerprint density at radius 1 is 1.25 bits per heavy atom. The molecule has 0 radical (unpaired) electrons. The normalized spacial score (nSPS) is 10.5. The number of carboxylic acids is 1. The number of nitrogens with zero attached hydrogens (tertiary/aromatic N) is 1. The molecule has 0 aliphatic rings. The van der Waals surface area contributed by atoms with Gasteiger partial charge in [-0.3, -0.25) is 4.98 Å². The van der Waals surface area contributed by atoms with E-state index >= 15 is 0 Å². The van der Waals surface area contributed by atoms with Gasteiger partial charge in [-0.25, -0.2) is 4.79 Å². The van der Waals surface area contributed by atoms with Gasteiger partial charge in [0, 0.05) is 25.0 Å². The van der Waals surface area contributed by atoms with Gasteiger partial charge in [-0.1, -0.05) is 12.1 Å². The van der Waals surface area contributed by atoms with Crippen LogP contribution in [0.15, 0.2) is 36.5 Å². The van der Waals surface area contributed by atoms with Gasteiger partial charge in [-0.15, -0.1) is 0 Å². The number of hydrogen-bond acceptors (Lipinski definition) is 3. The van der Waals surface area contributed by atoms with Gasteiger partial charge in [-0.2, -0.15) is 0 Å². The van der Waals surface area contributed by atoms with Crippen LogP contribution in [0.4, 0.5) is 0 Å². The van der Waals surface area contributed by atoms with Crippen LogP contribution >= 0.6 is 0 Å². The third-order valence-corrected chi connectivity index (χ3v) is 3.17. The fourth-order valence-corrected chi connectivity index (χ4v) is 2.07. The zero-order valence-electron chi connectivity index (χ0n) is 11.7. The van der Waals surface area contributed by atoms with Crippen LogP contribution in [0.25, 0.3) is 0 Å². The maximum absolute atomic E-state index is 10.9. The van der Waals surface area contributed by atoms with E-state index in [1.54, 1.807) is 18.2 Å². The number of benzene rings is 1. The Balaban J connectivity index is 1.96. The van der Waals surface area contributed by atoms with Gasteiger partial charge in [0.15, 0.2) is 0 Å². The van der Waals surface area contributed by atoms with Crippen molar-refractivity contribution in [2.45, 2.75) is 26.9 Å². The monoisotopic (exact) mass is 270 g/mol. The summed E-state index contributed by atoms with van der Waals surface area (Å²) in [5.41, 5.74) is 4.66. The summed E-state index contributed by atoms with van der Waals surface area (Å²) in [4.78, 5) is 15.2. The molecule has 20 heavy (non-hydrogen) atoms. The van der Waals surface area contributed by atoms with Crippen LogP contribution in [0.3, 0.4) is 0 Å². The fraction of sp³-hybridized carbons (Fsp3) is 0.250. The maximum atomic E-state index is 10.9. The molecule has 2 N–H and O–H groups in total.